The summed E-state index contributed by atoms with van der Waals surface area (Å²) in [6, 6.07) is 2.50. The third-order valence-corrected chi connectivity index (χ3v) is 4.15. The molecule has 1 aromatic carbocycles. The molecule has 0 heterocycles. The number of nitrogens with one attached hydrogen (secondary N) is 1. The van der Waals surface area contributed by atoms with Crippen molar-refractivity contribution in [1.82, 2.24) is 0 Å². The summed E-state index contributed by atoms with van der Waals surface area (Å²) >= 11 is 0. The number of aryl methyl sites for hydroxylation is 1. The first-order valence-corrected chi connectivity index (χ1v) is 6.16. The molecule has 0 aliphatic heterocycles. The molecule has 0 bridgehead atoms. The van der Waals surface area contributed by atoms with E-state index < -0.39 is 0 Å². The van der Waals surface area contributed by atoms with Crippen molar-refractivity contribution in [2.75, 3.05) is 12.4 Å². The van der Waals surface area contributed by atoms with Crippen LogP contribution in [0.2, 0.25) is 0 Å². The molecule has 0 aromatic heterocycles. The zero-order chi connectivity index (χ0) is 10.4. The van der Waals surface area contributed by atoms with Crippen LogP contribution in [0.5, 0.6) is 0 Å². The van der Waals surface area contributed by atoms with Crippen molar-refractivity contribution >= 4 is 5.69 Å². The van der Waals surface area contributed by atoms with E-state index in [9.17, 15) is 0 Å². The van der Waals surface area contributed by atoms with Crippen LogP contribution in [0.1, 0.15) is 47.9 Å². The van der Waals surface area contributed by atoms with Gasteiger partial charge in [0.25, 0.3) is 0 Å². The summed E-state index contributed by atoms with van der Waals surface area (Å²) in [5, 5.41) is 3.45. The van der Waals surface area contributed by atoms with Crippen molar-refractivity contribution in [3.63, 3.8) is 0 Å². The molecule has 2 aliphatic rings. The predicted molar refractivity (Wildman–Crippen MR) is 64.7 cm³/mol. The lowest BCUT2D eigenvalue weighted by Crippen LogP contribution is -2.01. The normalized spacial score (nSPS) is 22.7. The topological polar surface area (TPSA) is 12.0 Å². The van der Waals surface area contributed by atoms with Gasteiger partial charge >= 0.3 is 0 Å². The van der Waals surface area contributed by atoms with Gasteiger partial charge < -0.3 is 5.32 Å². The fourth-order valence-electron chi connectivity index (χ4n) is 3.34. The molecule has 15 heavy (non-hydrogen) atoms. The number of hydrogen-bond acceptors (Lipinski definition) is 1. The Bertz CT molecular complexity index is 406. The summed E-state index contributed by atoms with van der Waals surface area (Å²) in [5.41, 5.74) is 7.95. The fraction of sp³-hybridized carbons (Fsp3) is 0.571. The number of anilines is 1. The minimum atomic E-state index is 0.776. The zero-order valence-electron chi connectivity index (χ0n) is 9.69. The highest BCUT2D eigenvalue weighted by Gasteiger charge is 2.26. The van der Waals surface area contributed by atoms with Crippen LogP contribution in [0, 0.1) is 0 Å². The van der Waals surface area contributed by atoms with Crippen LogP contribution in [-0.2, 0) is 19.3 Å². The third kappa shape index (κ3) is 1.22. The van der Waals surface area contributed by atoms with Crippen LogP contribution >= 0.6 is 0 Å². The van der Waals surface area contributed by atoms with E-state index in [2.05, 4.69) is 25.4 Å². The maximum Gasteiger partial charge on any atom is 0.0408 e. The van der Waals surface area contributed by atoms with Crippen molar-refractivity contribution < 1.29 is 0 Å². The van der Waals surface area contributed by atoms with Gasteiger partial charge in [0, 0.05) is 12.7 Å². The number of fused-ring (bicyclic) bond motifs is 2. The molecule has 1 nitrogen and oxygen atoms in total. The van der Waals surface area contributed by atoms with Crippen LogP contribution < -0.4 is 5.32 Å². The smallest absolute Gasteiger partial charge is 0.0408 e. The van der Waals surface area contributed by atoms with Crippen molar-refractivity contribution in [2.24, 2.45) is 0 Å². The Morgan fingerprint density at radius 3 is 2.87 bits per heavy atom. The maximum absolute atomic E-state index is 3.45. The Hall–Kier alpha value is -0.980. The third-order valence-electron chi connectivity index (χ3n) is 4.15. The quantitative estimate of drug-likeness (QED) is 0.735. The summed E-state index contributed by atoms with van der Waals surface area (Å²) in [6.07, 6.45) is 6.55. The fourth-order valence-corrected chi connectivity index (χ4v) is 3.34. The Kier molecular flexibility index (Phi) is 2.01. The monoisotopic (exact) mass is 201 g/mol. The van der Waals surface area contributed by atoms with Gasteiger partial charge in [-0.2, -0.15) is 0 Å². The lowest BCUT2D eigenvalue weighted by Gasteiger charge is -2.15. The Labute approximate surface area is 91.9 Å². The lowest BCUT2D eigenvalue weighted by atomic mass is 9.96. The number of benzene rings is 1. The van der Waals surface area contributed by atoms with Gasteiger partial charge in [0.1, 0.15) is 0 Å². The standard InChI is InChI=1S/C14H19N/c1-9-6-7-12-13(9)8-10-4-3-5-11(10)14(12)15-2/h8-9,15H,3-7H2,1-2H3. The second kappa shape index (κ2) is 3.26. The van der Waals surface area contributed by atoms with Gasteiger partial charge in [-0.3, -0.25) is 0 Å². The Balaban J connectivity index is 2.23. The average Bonchev–Trinajstić information content (AvgIpc) is 2.83. The van der Waals surface area contributed by atoms with Crippen LogP contribution in [0.15, 0.2) is 6.07 Å². The van der Waals surface area contributed by atoms with Crippen molar-refractivity contribution in [1.29, 1.82) is 0 Å². The summed E-state index contributed by atoms with van der Waals surface area (Å²) in [6.45, 7) is 2.37. The molecule has 80 valence electrons. The maximum atomic E-state index is 3.45. The van der Waals surface area contributed by atoms with E-state index in [0.29, 0.717) is 0 Å². The highest BCUT2D eigenvalue weighted by Crippen LogP contribution is 2.42. The van der Waals surface area contributed by atoms with Gasteiger partial charge in [0.15, 0.2) is 0 Å². The molecule has 1 atom stereocenters. The van der Waals surface area contributed by atoms with Gasteiger partial charge in [-0.15, -0.1) is 0 Å². The minimum absolute atomic E-state index is 0.776. The molecule has 0 radical (unpaired) electrons. The summed E-state index contributed by atoms with van der Waals surface area (Å²) in [7, 11) is 2.08. The van der Waals surface area contributed by atoms with Crippen molar-refractivity contribution in [2.45, 2.75) is 44.9 Å². The highest BCUT2D eigenvalue weighted by molar-refractivity contribution is 5.66. The Morgan fingerprint density at radius 2 is 2.07 bits per heavy atom. The Morgan fingerprint density at radius 1 is 1.20 bits per heavy atom. The van der Waals surface area contributed by atoms with Crippen LogP contribution in [-0.4, -0.2) is 7.05 Å². The predicted octanol–water partition coefficient (Wildman–Crippen LogP) is 3.27. The highest BCUT2D eigenvalue weighted by atomic mass is 14.8. The zero-order valence-corrected chi connectivity index (χ0v) is 9.69. The van der Waals surface area contributed by atoms with Gasteiger partial charge in [-0.25, -0.2) is 0 Å². The summed E-state index contributed by atoms with van der Waals surface area (Å²) < 4.78 is 0. The van der Waals surface area contributed by atoms with Gasteiger partial charge in [0.2, 0.25) is 0 Å². The largest absolute Gasteiger partial charge is 0.388 e. The number of hydrogen-bond donors (Lipinski definition) is 1. The average molecular weight is 201 g/mol. The van der Waals surface area contributed by atoms with Crippen LogP contribution in [0.4, 0.5) is 5.69 Å². The SMILES string of the molecule is CNc1c2c(cc3c1CCC3C)CCC2. The van der Waals surface area contributed by atoms with E-state index in [-0.39, 0.29) is 0 Å². The van der Waals surface area contributed by atoms with Gasteiger partial charge in [-0.05, 0) is 60.3 Å². The summed E-state index contributed by atoms with van der Waals surface area (Å²) in [4.78, 5) is 0. The molecule has 1 unspecified atom stereocenters. The summed E-state index contributed by atoms with van der Waals surface area (Å²) in [5.74, 6) is 0.776. The second-order valence-electron chi connectivity index (χ2n) is 5.00. The molecule has 0 saturated heterocycles. The molecule has 0 spiro atoms. The molecule has 0 fully saturated rings. The van der Waals surface area contributed by atoms with E-state index in [1.54, 1.807) is 22.3 Å². The molecule has 2 aliphatic carbocycles. The second-order valence-corrected chi connectivity index (χ2v) is 5.00. The molecule has 0 saturated carbocycles. The van der Waals surface area contributed by atoms with Crippen molar-refractivity contribution in [3.05, 3.63) is 28.3 Å². The molecular weight excluding hydrogens is 182 g/mol. The van der Waals surface area contributed by atoms with E-state index >= 15 is 0 Å². The van der Waals surface area contributed by atoms with Gasteiger partial charge in [0.05, 0.1) is 0 Å². The first-order valence-electron chi connectivity index (χ1n) is 6.16. The first kappa shape index (κ1) is 9.26. The van der Waals surface area contributed by atoms with Crippen LogP contribution in [0.3, 0.4) is 0 Å². The molecule has 3 rings (SSSR count). The molecule has 1 aromatic rings. The van der Waals surface area contributed by atoms with E-state index in [1.807, 2.05) is 0 Å². The minimum Gasteiger partial charge on any atom is -0.388 e. The van der Waals surface area contributed by atoms with E-state index in [0.717, 1.165) is 5.92 Å². The van der Waals surface area contributed by atoms with Gasteiger partial charge in [-0.1, -0.05) is 13.0 Å². The molecular formula is C14H19N. The molecule has 1 heteroatoms. The van der Waals surface area contributed by atoms with E-state index in [1.165, 1.54) is 37.8 Å². The molecule has 1 N–H and O–H groups in total. The lowest BCUT2D eigenvalue weighted by molar-refractivity contribution is 0.746. The first-order chi connectivity index (χ1) is 7.31. The molecule has 0 amide bonds. The number of rotatable bonds is 1. The van der Waals surface area contributed by atoms with Crippen LogP contribution in [0.25, 0.3) is 0 Å². The van der Waals surface area contributed by atoms with Crippen molar-refractivity contribution in [3.8, 4) is 0 Å². The van der Waals surface area contributed by atoms with E-state index in [4.69, 9.17) is 0 Å².